The Bertz CT molecular complexity index is 685. The van der Waals surface area contributed by atoms with Crippen molar-refractivity contribution in [3.8, 4) is 0 Å². The second kappa shape index (κ2) is 5.05. The van der Waals surface area contributed by atoms with Gasteiger partial charge in [-0.25, -0.2) is 14.6 Å². The lowest BCUT2D eigenvalue weighted by Gasteiger charge is -2.27. The van der Waals surface area contributed by atoms with Crippen LogP contribution in [0.1, 0.15) is 44.0 Å². The minimum atomic E-state index is -0.748. The van der Waals surface area contributed by atoms with Crippen molar-refractivity contribution in [1.82, 2.24) is 4.98 Å². The number of aromatic nitrogens is 1. The molecule has 0 bridgehead atoms. The number of methoxy groups -OCH3 is 2. The molecule has 1 aliphatic rings. The monoisotopic (exact) mass is 287 g/mol. The van der Waals surface area contributed by atoms with E-state index in [1.807, 2.05) is 24.3 Å². The summed E-state index contributed by atoms with van der Waals surface area (Å²) in [6, 6.07) is 7.89. The van der Waals surface area contributed by atoms with Crippen molar-refractivity contribution >= 4 is 11.9 Å². The Morgan fingerprint density at radius 3 is 2.57 bits per heavy atom. The number of carbonyl (C=O) groups excluding carboxylic acids is 2. The molecule has 3 rings (SSSR count). The van der Waals surface area contributed by atoms with E-state index in [1.165, 1.54) is 19.8 Å². The van der Waals surface area contributed by atoms with E-state index in [0.29, 0.717) is 5.89 Å². The van der Waals surface area contributed by atoms with Gasteiger partial charge < -0.3 is 13.9 Å². The van der Waals surface area contributed by atoms with Crippen LogP contribution in [0.2, 0.25) is 0 Å². The SMILES string of the molecule is COC(=O)c1nc(C2Cc3ccccc32)oc1C(=O)OC. The highest BCUT2D eigenvalue weighted by atomic mass is 16.5. The van der Waals surface area contributed by atoms with Gasteiger partial charge in [0.1, 0.15) is 0 Å². The van der Waals surface area contributed by atoms with Gasteiger partial charge in [-0.05, 0) is 17.5 Å². The van der Waals surface area contributed by atoms with Crippen LogP contribution in [0.25, 0.3) is 0 Å². The molecule has 1 aromatic carbocycles. The van der Waals surface area contributed by atoms with E-state index in [4.69, 9.17) is 4.42 Å². The average Bonchev–Trinajstić information content (AvgIpc) is 2.91. The average molecular weight is 287 g/mol. The van der Waals surface area contributed by atoms with Crippen LogP contribution in [0, 0.1) is 0 Å². The third-order valence-electron chi connectivity index (χ3n) is 3.55. The van der Waals surface area contributed by atoms with Crippen LogP contribution in [0.5, 0.6) is 0 Å². The van der Waals surface area contributed by atoms with E-state index in [2.05, 4.69) is 14.5 Å². The Labute approximate surface area is 120 Å². The Balaban J connectivity index is 2.00. The third kappa shape index (κ3) is 2.08. The quantitative estimate of drug-likeness (QED) is 0.803. The lowest BCUT2D eigenvalue weighted by Crippen LogP contribution is -2.18. The highest BCUT2D eigenvalue weighted by molar-refractivity contribution is 5.99. The second-order valence-corrected chi connectivity index (χ2v) is 4.67. The molecule has 2 aromatic rings. The van der Waals surface area contributed by atoms with Gasteiger partial charge in [0, 0.05) is 0 Å². The summed E-state index contributed by atoms with van der Waals surface area (Å²) in [5.74, 6) is -1.42. The number of oxazole rings is 1. The van der Waals surface area contributed by atoms with Crippen LogP contribution >= 0.6 is 0 Å². The Hall–Kier alpha value is -2.63. The molecule has 0 N–H and O–H groups in total. The van der Waals surface area contributed by atoms with E-state index < -0.39 is 11.9 Å². The van der Waals surface area contributed by atoms with E-state index in [-0.39, 0.29) is 17.4 Å². The van der Waals surface area contributed by atoms with Crippen molar-refractivity contribution in [2.24, 2.45) is 0 Å². The van der Waals surface area contributed by atoms with Gasteiger partial charge >= 0.3 is 11.9 Å². The predicted molar refractivity (Wildman–Crippen MR) is 71.2 cm³/mol. The number of hydrogen-bond acceptors (Lipinski definition) is 6. The molecule has 0 amide bonds. The summed E-state index contributed by atoms with van der Waals surface area (Å²) in [7, 11) is 2.43. The minimum Gasteiger partial charge on any atom is -0.464 e. The fourth-order valence-corrected chi connectivity index (χ4v) is 2.43. The first-order valence-corrected chi connectivity index (χ1v) is 6.40. The van der Waals surface area contributed by atoms with Gasteiger partial charge in [-0.2, -0.15) is 0 Å². The zero-order valence-electron chi connectivity index (χ0n) is 11.6. The maximum Gasteiger partial charge on any atom is 0.376 e. The normalized spacial score (nSPS) is 15.8. The van der Waals surface area contributed by atoms with Crippen LogP contribution in [0.15, 0.2) is 28.7 Å². The first-order chi connectivity index (χ1) is 10.2. The number of ether oxygens (including phenoxy) is 2. The van der Waals surface area contributed by atoms with Gasteiger partial charge in [-0.15, -0.1) is 0 Å². The molecule has 0 spiro atoms. The Morgan fingerprint density at radius 1 is 1.19 bits per heavy atom. The number of benzene rings is 1. The summed E-state index contributed by atoms with van der Waals surface area (Å²) in [6.07, 6.45) is 0.762. The van der Waals surface area contributed by atoms with Crippen molar-refractivity contribution in [2.45, 2.75) is 12.3 Å². The van der Waals surface area contributed by atoms with E-state index in [0.717, 1.165) is 12.0 Å². The summed E-state index contributed by atoms with van der Waals surface area (Å²) in [4.78, 5) is 27.5. The summed E-state index contributed by atoms with van der Waals surface area (Å²) >= 11 is 0. The lowest BCUT2D eigenvalue weighted by molar-refractivity contribution is 0.0525. The molecule has 6 heteroatoms. The van der Waals surface area contributed by atoms with Crippen LogP contribution in [-0.2, 0) is 15.9 Å². The highest BCUT2D eigenvalue weighted by Gasteiger charge is 2.35. The maximum atomic E-state index is 11.7. The van der Waals surface area contributed by atoms with E-state index in [9.17, 15) is 9.59 Å². The van der Waals surface area contributed by atoms with Crippen molar-refractivity contribution < 1.29 is 23.5 Å². The molecule has 0 saturated carbocycles. The zero-order valence-corrected chi connectivity index (χ0v) is 11.6. The molecule has 21 heavy (non-hydrogen) atoms. The van der Waals surface area contributed by atoms with Crippen molar-refractivity contribution in [1.29, 1.82) is 0 Å². The molecule has 0 saturated heterocycles. The minimum absolute atomic E-state index is 0.0528. The number of nitrogens with zero attached hydrogens (tertiary/aromatic N) is 1. The number of rotatable bonds is 3. The zero-order chi connectivity index (χ0) is 15.0. The van der Waals surface area contributed by atoms with Crippen molar-refractivity contribution in [3.63, 3.8) is 0 Å². The van der Waals surface area contributed by atoms with Gasteiger partial charge in [0.25, 0.3) is 0 Å². The summed E-state index contributed by atoms with van der Waals surface area (Å²) in [5.41, 5.74) is 2.15. The molecule has 1 unspecified atom stereocenters. The van der Waals surface area contributed by atoms with Crippen LogP contribution in [0.4, 0.5) is 0 Å². The largest absolute Gasteiger partial charge is 0.464 e. The predicted octanol–water partition coefficient (Wildman–Crippen LogP) is 1.94. The molecule has 0 fully saturated rings. The fourth-order valence-electron chi connectivity index (χ4n) is 2.43. The molecule has 108 valence electrons. The first kappa shape index (κ1) is 13.4. The Kier molecular flexibility index (Phi) is 3.21. The van der Waals surface area contributed by atoms with Gasteiger partial charge in [-0.1, -0.05) is 24.3 Å². The number of carbonyl (C=O) groups is 2. The van der Waals surface area contributed by atoms with Crippen LogP contribution in [-0.4, -0.2) is 31.1 Å². The molecule has 0 radical (unpaired) electrons. The van der Waals surface area contributed by atoms with Gasteiger partial charge in [0.2, 0.25) is 17.3 Å². The topological polar surface area (TPSA) is 78.6 Å². The van der Waals surface area contributed by atoms with Gasteiger partial charge in [0.15, 0.2) is 0 Å². The molecule has 1 aliphatic carbocycles. The van der Waals surface area contributed by atoms with Gasteiger partial charge in [0.05, 0.1) is 20.1 Å². The van der Waals surface area contributed by atoms with E-state index in [1.54, 1.807) is 0 Å². The number of esters is 2. The molecular weight excluding hydrogens is 274 g/mol. The molecule has 1 aromatic heterocycles. The molecular formula is C15H13NO5. The standard InChI is InChI=1S/C15H13NO5/c1-19-14(17)11-12(15(18)20-2)21-13(16-11)10-7-8-5-3-4-6-9(8)10/h3-6,10H,7H2,1-2H3. The summed E-state index contributed by atoms with van der Waals surface area (Å²) in [5, 5.41) is 0. The molecule has 6 nitrogen and oxygen atoms in total. The van der Waals surface area contributed by atoms with Gasteiger partial charge in [-0.3, -0.25) is 0 Å². The second-order valence-electron chi connectivity index (χ2n) is 4.67. The Morgan fingerprint density at radius 2 is 1.90 bits per heavy atom. The molecule has 1 heterocycles. The summed E-state index contributed by atoms with van der Waals surface area (Å²) < 4.78 is 14.7. The number of hydrogen-bond donors (Lipinski definition) is 0. The van der Waals surface area contributed by atoms with Crippen LogP contribution < -0.4 is 0 Å². The molecule has 1 atom stereocenters. The number of fused-ring (bicyclic) bond motifs is 1. The van der Waals surface area contributed by atoms with E-state index >= 15 is 0 Å². The lowest BCUT2D eigenvalue weighted by atomic mass is 9.77. The summed E-state index contributed by atoms with van der Waals surface area (Å²) in [6.45, 7) is 0. The first-order valence-electron chi connectivity index (χ1n) is 6.40. The van der Waals surface area contributed by atoms with Crippen LogP contribution in [0.3, 0.4) is 0 Å². The van der Waals surface area contributed by atoms with Crippen molar-refractivity contribution in [2.75, 3.05) is 14.2 Å². The maximum absolute atomic E-state index is 11.7. The third-order valence-corrected chi connectivity index (χ3v) is 3.55. The fraction of sp³-hybridized carbons (Fsp3) is 0.267. The highest BCUT2D eigenvalue weighted by Crippen LogP contribution is 2.40. The van der Waals surface area contributed by atoms with Crippen molar-refractivity contribution in [3.05, 3.63) is 52.7 Å². The smallest absolute Gasteiger partial charge is 0.376 e. The molecule has 0 aliphatic heterocycles.